The molecule has 0 N–H and O–H groups in total. The lowest BCUT2D eigenvalue weighted by Crippen LogP contribution is -2.26. The van der Waals surface area contributed by atoms with Crippen molar-refractivity contribution in [2.45, 2.75) is 46.0 Å². The molecule has 5 heteroatoms. The Bertz CT molecular complexity index is 694. The van der Waals surface area contributed by atoms with Crippen LogP contribution in [-0.2, 0) is 18.2 Å². The predicted molar refractivity (Wildman–Crippen MR) is 92.3 cm³/mol. The van der Waals surface area contributed by atoms with E-state index in [4.69, 9.17) is 4.74 Å². The Morgan fingerprint density at radius 2 is 1.92 bits per heavy atom. The monoisotopic (exact) mass is 330 g/mol. The number of ether oxygens (including phenoxy) is 1. The summed E-state index contributed by atoms with van der Waals surface area (Å²) in [6, 6.07) is 0. The van der Waals surface area contributed by atoms with Crippen LogP contribution in [0.2, 0.25) is 0 Å². The molecule has 0 saturated carbocycles. The van der Waals surface area contributed by atoms with Crippen molar-refractivity contribution in [3.8, 4) is 0 Å². The van der Waals surface area contributed by atoms with Crippen LogP contribution in [0.5, 0.6) is 0 Å². The first kappa shape index (κ1) is 16.8. The first-order chi connectivity index (χ1) is 11.5. The maximum absolute atomic E-state index is 13.0. The molecule has 1 aliphatic heterocycles. The number of nitrogens with zero attached hydrogens (tertiary/aromatic N) is 2. The second-order valence-electron chi connectivity index (χ2n) is 6.65. The van der Waals surface area contributed by atoms with E-state index in [-0.39, 0.29) is 11.8 Å². The van der Waals surface area contributed by atoms with Crippen molar-refractivity contribution in [1.29, 1.82) is 0 Å². The zero-order chi connectivity index (χ0) is 17.3. The fourth-order valence-electron chi connectivity index (χ4n) is 3.89. The highest BCUT2D eigenvalue weighted by Crippen LogP contribution is 2.32. The van der Waals surface area contributed by atoms with Gasteiger partial charge in [0.15, 0.2) is 5.78 Å². The number of ketones is 1. The molecular formula is C19H26N2O3. The molecule has 0 unspecified atom stereocenters. The Balaban J connectivity index is 1.94. The van der Waals surface area contributed by atoms with Gasteiger partial charge < -0.3 is 14.2 Å². The van der Waals surface area contributed by atoms with E-state index >= 15 is 0 Å². The molecule has 1 aromatic rings. The average molecular weight is 330 g/mol. The summed E-state index contributed by atoms with van der Waals surface area (Å²) in [5, 5.41) is 0. The first-order valence-electron chi connectivity index (χ1n) is 8.89. The van der Waals surface area contributed by atoms with Crippen LogP contribution in [0.3, 0.4) is 0 Å². The topological polar surface area (TPSA) is 51.5 Å². The van der Waals surface area contributed by atoms with Gasteiger partial charge in [-0.05, 0) is 51.5 Å². The van der Waals surface area contributed by atoms with Crippen molar-refractivity contribution in [2.75, 3.05) is 19.7 Å². The fourth-order valence-corrected chi connectivity index (χ4v) is 3.89. The minimum Gasteiger partial charge on any atom is -0.461 e. The molecule has 1 fully saturated rings. The summed E-state index contributed by atoms with van der Waals surface area (Å²) >= 11 is 0. The number of Topliss-reactive ketones (excluding diaryl/α,β-unsaturated/α-hetero) is 1. The lowest BCUT2D eigenvalue weighted by Gasteiger charge is -2.27. The molecular weight excluding hydrogens is 304 g/mol. The fraction of sp³-hybridized carbons (Fsp3) is 0.579. The van der Waals surface area contributed by atoms with Gasteiger partial charge in [-0.25, -0.2) is 4.79 Å². The summed E-state index contributed by atoms with van der Waals surface area (Å²) < 4.78 is 7.00. The van der Waals surface area contributed by atoms with Crippen LogP contribution in [-0.4, -0.2) is 40.9 Å². The van der Waals surface area contributed by atoms with Crippen molar-refractivity contribution in [3.05, 3.63) is 34.3 Å². The third-order valence-corrected chi connectivity index (χ3v) is 5.11. The number of carbonyl (C=O) groups is 2. The van der Waals surface area contributed by atoms with Gasteiger partial charge in [0.25, 0.3) is 0 Å². The number of fused-ring (bicyclic) bond motifs is 1. The Kier molecular flexibility index (Phi) is 4.78. The van der Waals surface area contributed by atoms with E-state index < -0.39 is 0 Å². The van der Waals surface area contributed by atoms with E-state index in [1.54, 1.807) is 6.92 Å². The van der Waals surface area contributed by atoms with Crippen LogP contribution in [0.4, 0.5) is 0 Å². The number of esters is 1. The Labute approximate surface area is 143 Å². The summed E-state index contributed by atoms with van der Waals surface area (Å²) in [5.74, 6) is -0.272. The Hall–Kier alpha value is -2.04. The third-order valence-electron chi connectivity index (χ3n) is 5.11. The lowest BCUT2D eigenvalue weighted by atomic mass is 9.89. The van der Waals surface area contributed by atoms with Crippen molar-refractivity contribution in [3.63, 3.8) is 0 Å². The van der Waals surface area contributed by atoms with Crippen LogP contribution in [0.15, 0.2) is 11.8 Å². The van der Waals surface area contributed by atoms with Gasteiger partial charge in [0, 0.05) is 43.2 Å². The number of hydrogen-bond donors (Lipinski definition) is 0. The first-order valence-corrected chi connectivity index (χ1v) is 8.89. The highest BCUT2D eigenvalue weighted by Gasteiger charge is 2.32. The number of carbonyl (C=O) groups excluding carboxylic acids is 2. The van der Waals surface area contributed by atoms with E-state index in [0.717, 1.165) is 42.8 Å². The molecule has 0 bridgehead atoms. The molecule has 0 spiro atoms. The SMILES string of the molecule is CCOC(=O)c1c(C)c2c(n1C)CC/C(=C/N1CCCCC1)C2=O. The predicted octanol–water partition coefficient (Wildman–Crippen LogP) is 3.01. The van der Waals surface area contributed by atoms with Gasteiger partial charge in [0.05, 0.1) is 6.61 Å². The smallest absolute Gasteiger partial charge is 0.355 e. The standard InChI is InChI=1S/C19H26N2O3/c1-4-24-19(23)17-13(2)16-15(20(17)3)9-8-14(18(16)22)12-21-10-6-5-7-11-21/h12H,4-11H2,1-3H3/b14-12-. The Morgan fingerprint density at radius 3 is 2.58 bits per heavy atom. The zero-order valence-electron chi connectivity index (χ0n) is 14.9. The van der Waals surface area contributed by atoms with Gasteiger partial charge in [-0.1, -0.05) is 0 Å². The van der Waals surface area contributed by atoms with E-state index in [2.05, 4.69) is 11.1 Å². The van der Waals surface area contributed by atoms with Crippen molar-refractivity contribution >= 4 is 11.8 Å². The lowest BCUT2D eigenvalue weighted by molar-refractivity contribution is 0.0514. The number of hydrogen-bond acceptors (Lipinski definition) is 4. The van der Waals surface area contributed by atoms with Gasteiger partial charge in [-0.3, -0.25) is 4.79 Å². The summed E-state index contributed by atoms with van der Waals surface area (Å²) in [6.07, 6.45) is 7.25. The molecule has 0 amide bonds. The maximum atomic E-state index is 13.0. The second-order valence-corrected chi connectivity index (χ2v) is 6.65. The van der Waals surface area contributed by atoms with Crippen LogP contribution in [0.1, 0.15) is 64.7 Å². The molecule has 1 saturated heterocycles. The molecule has 2 aliphatic rings. The summed E-state index contributed by atoms with van der Waals surface area (Å²) in [7, 11) is 1.85. The van der Waals surface area contributed by atoms with E-state index in [0.29, 0.717) is 17.9 Å². The van der Waals surface area contributed by atoms with Crippen LogP contribution in [0.25, 0.3) is 0 Å². The summed E-state index contributed by atoms with van der Waals surface area (Å²) in [6.45, 7) is 6.05. The molecule has 130 valence electrons. The van der Waals surface area contributed by atoms with E-state index in [1.807, 2.05) is 18.5 Å². The van der Waals surface area contributed by atoms with Crippen LogP contribution in [0, 0.1) is 6.92 Å². The summed E-state index contributed by atoms with van der Waals surface area (Å²) in [5.41, 5.74) is 3.79. The highest BCUT2D eigenvalue weighted by atomic mass is 16.5. The van der Waals surface area contributed by atoms with Crippen molar-refractivity contribution < 1.29 is 14.3 Å². The zero-order valence-corrected chi connectivity index (χ0v) is 14.9. The van der Waals surface area contributed by atoms with Gasteiger partial charge in [0.2, 0.25) is 0 Å². The van der Waals surface area contributed by atoms with Gasteiger partial charge in [-0.2, -0.15) is 0 Å². The number of rotatable bonds is 3. The summed E-state index contributed by atoms with van der Waals surface area (Å²) in [4.78, 5) is 27.5. The second kappa shape index (κ2) is 6.83. The molecule has 1 aromatic heterocycles. The highest BCUT2D eigenvalue weighted by molar-refractivity contribution is 6.13. The third kappa shape index (κ3) is 2.87. The van der Waals surface area contributed by atoms with E-state index in [1.165, 1.54) is 19.3 Å². The molecule has 3 rings (SSSR count). The number of piperidine rings is 1. The maximum Gasteiger partial charge on any atom is 0.355 e. The van der Waals surface area contributed by atoms with Crippen molar-refractivity contribution in [2.24, 2.45) is 7.05 Å². The van der Waals surface area contributed by atoms with E-state index in [9.17, 15) is 9.59 Å². The quantitative estimate of drug-likeness (QED) is 0.631. The molecule has 2 heterocycles. The normalized spacial score (nSPS) is 19.5. The van der Waals surface area contributed by atoms with Gasteiger partial charge in [-0.15, -0.1) is 0 Å². The number of allylic oxidation sites excluding steroid dienone is 1. The Morgan fingerprint density at radius 1 is 1.21 bits per heavy atom. The van der Waals surface area contributed by atoms with Crippen LogP contribution < -0.4 is 0 Å². The van der Waals surface area contributed by atoms with Crippen molar-refractivity contribution in [1.82, 2.24) is 9.47 Å². The van der Waals surface area contributed by atoms with Crippen LogP contribution >= 0.6 is 0 Å². The molecule has 5 nitrogen and oxygen atoms in total. The van der Waals surface area contributed by atoms with Gasteiger partial charge >= 0.3 is 5.97 Å². The largest absolute Gasteiger partial charge is 0.461 e. The molecule has 0 atom stereocenters. The molecule has 0 radical (unpaired) electrons. The number of aromatic nitrogens is 1. The van der Waals surface area contributed by atoms with Gasteiger partial charge in [0.1, 0.15) is 5.69 Å². The molecule has 0 aromatic carbocycles. The molecule has 24 heavy (non-hydrogen) atoms. The minimum atomic E-state index is -0.346. The minimum absolute atomic E-state index is 0.0745. The molecule has 1 aliphatic carbocycles. The number of likely N-dealkylation sites (tertiary alicyclic amines) is 1. The average Bonchev–Trinajstić information content (AvgIpc) is 2.83.